The third-order valence-electron chi connectivity index (χ3n) is 9.01. The normalized spacial score (nSPS) is 17.0. The first-order valence-electron chi connectivity index (χ1n) is 19.2. The van der Waals surface area contributed by atoms with Crippen molar-refractivity contribution in [2.75, 3.05) is 13.1 Å². The van der Waals surface area contributed by atoms with E-state index in [2.05, 4.69) is 93.2 Å². The van der Waals surface area contributed by atoms with Gasteiger partial charge in [-0.25, -0.2) is 9.97 Å². The molecule has 0 radical (unpaired) electrons. The van der Waals surface area contributed by atoms with E-state index in [1.807, 2.05) is 76.5 Å². The summed E-state index contributed by atoms with van der Waals surface area (Å²) in [4.78, 5) is 9.32. The number of nitrogens with zero attached hydrogens (tertiary/aromatic N) is 4. The van der Waals surface area contributed by atoms with Crippen LogP contribution in [-0.2, 0) is 24.2 Å². The fourth-order valence-electron chi connectivity index (χ4n) is 6.75. The molecule has 4 heterocycles. The van der Waals surface area contributed by atoms with Crippen molar-refractivity contribution in [2.45, 2.75) is 105 Å². The van der Waals surface area contributed by atoms with Crippen molar-refractivity contribution in [3.8, 4) is 5.75 Å². The average Bonchev–Trinajstić information content (AvgIpc) is 3.84. The molecule has 0 fully saturated rings. The molecule has 278 valence electrons. The number of hydrogen-bond donors (Lipinski definition) is 2. The van der Waals surface area contributed by atoms with Crippen LogP contribution in [0.15, 0.2) is 103 Å². The van der Waals surface area contributed by atoms with Crippen LogP contribution in [0.4, 0.5) is 0 Å². The van der Waals surface area contributed by atoms with Crippen molar-refractivity contribution in [1.29, 1.82) is 0 Å². The van der Waals surface area contributed by atoms with Gasteiger partial charge in [-0.15, -0.1) is 0 Å². The van der Waals surface area contributed by atoms with Gasteiger partial charge in [0.15, 0.2) is 11.9 Å². The highest BCUT2D eigenvalue weighted by Crippen LogP contribution is 2.39. The number of thiocarbonyl (C=S) groups is 1. The molecule has 3 atom stereocenters. The monoisotopic (exact) mass is 722 g/mol. The van der Waals surface area contributed by atoms with Gasteiger partial charge in [0.2, 0.25) is 0 Å². The SMILES string of the molecule is CC.CC.CCNCc1cnc2n1C(c1ccccc1)CCC2.CCNCc1cnc2n1C(c1ccccc1)CCC2OC(=S)Oc1ccccc1. The number of fused-ring (bicyclic) bond motifs is 2. The molecule has 3 unspecified atom stereocenters. The van der Waals surface area contributed by atoms with Crippen molar-refractivity contribution < 1.29 is 9.47 Å². The molecule has 0 aliphatic carbocycles. The topological polar surface area (TPSA) is 78.2 Å². The Kier molecular flexibility index (Phi) is 17.1. The molecule has 52 heavy (non-hydrogen) atoms. The molecule has 8 nitrogen and oxygen atoms in total. The summed E-state index contributed by atoms with van der Waals surface area (Å²) in [7, 11) is 0. The van der Waals surface area contributed by atoms with E-state index in [0.29, 0.717) is 11.8 Å². The molecule has 0 bridgehead atoms. The Morgan fingerprint density at radius 2 is 1.21 bits per heavy atom. The average molecular weight is 723 g/mol. The number of aromatic nitrogens is 4. The van der Waals surface area contributed by atoms with Gasteiger partial charge in [0.25, 0.3) is 0 Å². The molecule has 2 aliphatic rings. The summed E-state index contributed by atoms with van der Waals surface area (Å²) < 4.78 is 16.5. The molecule has 0 saturated carbocycles. The number of rotatable bonds is 10. The molecule has 7 rings (SSSR count). The molecule has 2 N–H and O–H groups in total. The lowest BCUT2D eigenvalue weighted by Crippen LogP contribution is -2.28. The van der Waals surface area contributed by atoms with E-state index in [0.717, 1.165) is 57.0 Å². The van der Waals surface area contributed by atoms with Gasteiger partial charge in [-0.05, 0) is 62.0 Å². The van der Waals surface area contributed by atoms with Gasteiger partial charge in [0, 0.05) is 44.1 Å². The lowest BCUT2D eigenvalue weighted by Gasteiger charge is -2.32. The molecule has 3 aromatic carbocycles. The molecular formula is C43H58N6O2S. The Labute approximate surface area is 317 Å². The summed E-state index contributed by atoms with van der Waals surface area (Å²) in [6.07, 6.45) is 9.09. The van der Waals surface area contributed by atoms with Crippen LogP contribution in [0.3, 0.4) is 0 Å². The summed E-state index contributed by atoms with van der Waals surface area (Å²) >= 11 is 5.35. The number of imidazole rings is 2. The van der Waals surface area contributed by atoms with Gasteiger partial charge >= 0.3 is 5.24 Å². The van der Waals surface area contributed by atoms with Gasteiger partial charge in [0.05, 0.1) is 23.5 Å². The molecule has 2 aromatic heterocycles. The van der Waals surface area contributed by atoms with E-state index in [1.54, 1.807) is 0 Å². The fraction of sp³-hybridized carbons (Fsp3) is 0.419. The first-order valence-corrected chi connectivity index (χ1v) is 19.6. The van der Waals surface area contributed by atoms with Crippen LogP contribution >= 0.6 is 12.2 Å². The van der Waals surface area contributed by atoms with Crippen LogP contribution in [0.5, 0.6) is 5.75 Å². The minimum absolute atomic E-state index is 0.127. The van der Waals surface area contributed by atoms with Gasteiger partial charge in [-0.1, -0.05) is 120 Å². The maximum absolute atomic E-state index is 6.03. The first-order chi connectivity index (χ1) is 25.7. The molecule has 0 saturated heterocycles. The third kappa shape index (κ3) is 10.6. The van der Waals surface area contributed by atoms with E-state index in [-0.39, 0.29) is 17.4 Å². The third-order valence-corrected chi connectivity index (χ3v) is 9.19. The maximum atomic E-state index is 6.03. The van der Waals surface area contributed by atoms with Gasteiger partial charge in [-0.2, -0.15) is 0 Å². The number of hydrogen-bond acceptors (Lipinski definition) is 7. The lowest BCUT2D eigenvalue weighted by atomic mass is 9.95. The molecule has 9 heteroatoms. The standard InChI is InChI=1S/C23H25N3O2S.C16H21N3.2C2H6/c1-2-24-15-18-16-25-22-21(28-23(29)27-19-11-7-4-8-12-19)14-13-20(26(18)22)17-9-5-3-6-10-17;1-2-17-11-14-12-18-16-10-6-9-15(19(14)16)13-7-4-3-5-8-13;2*1-2/h3-12,16,20-21,24H,2,13-15H2,1H3;3-5,7-8,12,15,17H,2,6,9-11H2,1H3;2*1-2H3. The largest absolute Gasteiger partial charge is 0.445 e. The zero-order valence-electron chi connectivity index (χ0n) is 31.9. The van der Waals surface area contributed by atoms with Crippen LogP contribution < -0.4 is 15.4 Å². The zero-order chi connectivity index (χ0) is 37.1. The molecule has 0 amide bonds. The van der Waals surface area contributed by atoms with Crippen molar-refractivity contribution in [3.05, 3.63) is 138 Å². The van der Waals surface area contributed by atoms with Crippen molar-refractivity contribution in [2.24, 2.45) is 0 Å². The Morgan fingerprint density at radius 1 is 0.692 bits per heavy atom. The fourth-order valence-corrected chi connectivity index (χ4v) is 6.96. The van der Waals surface area contributed by atoms with E-state index in [9.17, 15) is 0 Å². The molecular weight excluding hydrogens is 665 g/mol. The van der Waals surface area contributed by atoms with E-state index in [4.69, 9.17) is 26.7 Å². The zero-order valence-corrected chi connectivity index (χ0v) is 32.7. The Bertz CT molecular complexity index is 1720. The number of nitrogens with one attached hydrogen (secondary N) is 2. The van der Waals surface area contributed by atoms with Gasteiger partial charge < -0.3 is 29.2 Å². The van der Waals surface area contributed by atoms with Crippen LogP contribution in [-0.4, -0.2) is 37.4 Å². The van der Waals surface area contributed by atoms with Crippen LogP contribution in [0.1, 0.15) is 120 Å². The van der Waals surface area contributed by atoms with E-state index >= 15 is 0 Å². The first kappa shape index (κ1) is 40.5. The summed E-state index contributed by atoms with van der Waals surface area (Å²) in [5.74, 6) is 2.82. The Morgan fingerprint density at radius 3 is 1.79 bits per heavy atom. The highest BCUT2D eigenvalue weighted by Gasteiger charge is 2.33. The molecule has 5 aromatic rings. The van der Waals surface area contributed by atoms with Crippen molar-refractivity contribution >= 4 is 17.5 Å². The van der Waals surface area contributed by atoms with Crippen molar-refractivity contribution in [1.82, 2.24) is 29.7 Å². The summed E-state index contributed by atoms with van der Waals surface area (Å²) in [5.41, 5.74) is 5.15. The van der Waals surface area contributed by atoms with Crippen molar-refractivity contribution in [3.63, 3.8) is 0 Å². The summed E-state index contributed by atoms with van der Waals surface area (Å²) in [6.45, 7) is 15.8. The number of para-hydroxylation sites is 1. The highest BCUT2D eigenvalue weighted by molar-refractivity contribution is 7.79. The van der Waals surface area contributed by atoms with E-state index < -0.39 is 0 Å². The Hall–Kier alpha value is -4.31. The number of aryl methyl sites for hydroxylation is 1. The number of benzene rings is 3. The maximum Gasteiger partial charge on any atom is 0.358 e. The van der Waals surface area contributed by atoms with Gasteiger partial charge in [0.1, 0.15) is 11.6 Å². The smallest absolute Gasteiger partial charge is 0.358 e. The predicted molar refractivity (Wildman–Crippen MR) is 217 cm³/mol. The minimum Gasteiger partial charge on any atom is -0.445 e. The minimum atomic E-state index is -0.221. The second kappa shape index (κ2) is 21.9. The predicted octanol–water partition coefficient (Wildman–Crippen LogP) is 9.77. The Balaban J connectivity index is 0.000000227. The van der Waals surface area contributed by atoms with Crippen LogP contribution in [0, 0.1) is 0 Å². The second-order valence-corrected chi connectivity index (χ2v) is 12.5. The quantitative estimate of drug-likeness (QED) is 0.139. The van der Waals surface area contributed by atoms with Gasteiger partial charge in [-0.3, -0.25) is 0 Å². The van der Waals surface area contributed by atoms with E-state index in [1.165, 1.54) is 35.5 Å². The second-order valence-electron chi connectivity index (χ2n) is 12.2. The lowest BCUT2D eigenvalue weighted by molar-refractivity contribution is 0.114. The summed E-state index contributed by atoms with van der Waals surface area (Å²) in [6, 6.07) is 31.5. The van der Waals surface area contributed by atoms with Crippen LogP contribution in [0.2, 0.25) is 0 Å². The number of ether oxygens (including phenoxy) is 2. The summed E-state index contributed by atoms with van der Waals surface area (Å²) in [5, 5.41) is 6.95. The molecule has 2 aliphatic heterocycles. The van der Waals surface area contributed by atoms with Crippen LogP contribution in [0.25, 0.3) is 0 Å². The highest BCUT2D eigenvalue weighted by atomic mass is 32.1. The molecule has 0 spiro atoms.